The van der Waals surface area contributed by atoms with Crippen molar-refractivity contribution in [3.8, 4) is 22.6 Å². The van der Waals surface area contributed by atoms with Crippen LogP contribution in [-0.4, -0.2) is 21.7 Å². The molecule has 5 nitrogen and oxygen atoms in total. The van der Waals surface area contributed by atoms with Crippen molar-refractivity contribution in [1.82, 2.24) is 4.98 Å². The normalized spacial score (nSPS) is 15.1. The van der Waals surface area contributed by atoms with Gasteiger partial charge in [-0.3, -0.25) is 4.79 Å². The fourth-order valence-electron chi connectivity index (χ4n) is 4.44. The van der Waals surface area contributed by atoms with Gasteiger partial charge in [-0.15, -0.1) is 0 Å². The van der Waals surface area contributed by atoms with Gasteiger partial charge in [-0.25, -0.2) is 0 Å². The molecule has 1 heterocycles. The molecule has 0 bridgehead atoms. The fourth-order valence-corrected chi connectivity index (χ4v) is 4.44. The number of rotatable bonds is 3. The van der Waals surface area contributed by atoms with Crippen molar-refractivity contribution in [2.45, 2.75) is 25.2 Å². The van der Waals surface area contributed by atoms with Gasteiger partial charge in [0.1, 0.15) is 11.5 Å². The average Bonchev–Trinajstić information content (AvgIpc) is 3.51. The van der Waals surface area contributed by atoms with Crippen molar-refractivity contribution in [3.63, 3.8) is 0 Å². The zero-order chi connectivity index (χ0) is 20.3. The zero-order valence-corrected chi connectivity index (χ0v) is 16.1. The molecular weight excluding hydrogens is 364 g/mol. The Morgan fingerprint density at radius 1 is 1.03 bits per heavy atom. The Morgan fingerprint density at radius 3 is 2.41 bits per heavy atom. The van der Waals surface area contributed by atoms with Crippen molar-refractivity contribution in [2.24, 2.45) is 5.73 Å². The van der Waals surface area contributed by atoms with E-state index in [1.165, 1.54) is 11.6 Å². The molecule has 1 aliphatic carbocycles. The molecule has 1 fully saturated rings. The summed E-state index contributed by atoms with van der Waals surface area (Å²) in [5.41, 5.74) is 9.84. The Kier molecular flexibility index (Phi) is 3.73. The summed E-state index contributed by atoms with van der Waals surface area (Å²) in [5.74, 6) is 0.0611. The smallest absolute Gasteiger partial charge is 0.260 e. The van der Waals surface area contributed by atoms with Crippen LogP contribution in [0.4, 0.5) is 0 Å². The lowest BCUT2D eigenvalue weighted by atomic mass is 9.90. The van der Waals surface area contributed by atoms with Crippen LogP contribution in [0.3, 0.4) is 0 Å². The number of phenols is 2. The molecule has 3 aromatic carbocycles. The Morgan fingerprint density at radius 2 is 1.76 bits per heavy atom. The van der Waals surface area contributed by atoms with Crippen molar-refractivity contribution < 1.29 is 10.2 Å². The number of phenolic OH excluding ortho intramolecular Hbond substituents is 2. The van der Waals surface area contributed by atoms with E-state index in [1.807, 2.05) is 19.1 Å². The summed E-state index contributed by atoms with van der Waals surface area (Å²) in [6.45, 7) is 2.48. The molecule has 0 atom stereocenters. The van der Waals surface area contributed by atoms with Gasteiger partial charge in [0.2, 0.25) is 0 Å². The third-order valence-corrected chi connectivity index (χ3v) is 6.31. The number of nitrogens with two attached hydrogens (primary N) is 1. The molecular formula is C24H22N2O3. The highest BCUT2D eigenvalue weighted by molar-refractivity contribution is 6.15. The maximum Gasteiger partial charge on any atom is 0.260 e. The Hall–Kier alpha value is -3.31. The third kappa shape index (κ3) is 2.54. The predicted molar refractivity (Wildman–Crippen MR) is 116 cm³/mol. The van der Waals surface area contributed by atoms with Gasteiger partial charge in [0.05, 0.1) is 10.9 Å². The van der Waals surface area contributed by atoms with Gasteiger partial charge in [0.25, 0.3) is 5.56 Å². The first kappa shape index (κ1) is 17.8. The lowest BCUT2D eigenvalue weighted by Gasteiger charge is -2.16. The molecule has 5 heteroatoms. The third-order valence-electron chi connectivity index (χ3n) is 6.31. The molecule has 5 rings (SSSR count). The van der Waals surface area contributed by atoms with Crippen molar-refractivity contribution in [3.05, 3.63) is 70.0 Å². The first-order valence-corrected chi connectivity index (χ1v) is 9.76. The van der Waals surface area contributed by atoms with Crippen molar-refractivity contribution in [2.75, 3.05) is 6.54 Å². The molecule has 0 spiro atoms. The summed E-state index contributed by atoms with van der Waals surface area (Å²) >= 11 is 0. The van der Waals surface area contributed by atoms with Gasteiger partial charge < -0.3 is 20.9 Å². The number of aryl methyl sites for hydroxylation is 1. The van der Waals surface area contributed by atoms with Crippen LogP contribution in [0.15, 0.2) is 53.3 Å². The summed E-state index contributed by atoms with van der Waals surface area (Å²) in [6, 6.07) is 14.8. The molecule has 29 heavy (non-hydrogen) atoms. The highest BCUT2D eigenvalue weighted by Crippen LogP contribution is 2.48. The lowest BCUT2D eigenvalue weighted by molar-refractivity contribution is 0.477. The molecule has 4 aromatic rings. The van der Waals surface area contributed by atoms with Crippen LogP contribution in [0, 0.1) is 6.92 Å². The van der Waals surface area contributed by atoms with E-state index in [2.05, 4.69) is 17.1 Å². The van der Waals surface area contributed by atoms with Crippen LogP contribution in [0.1, 0.15) is 24.0 Å². The monoisotopic (exact) mass is 386 g/mol. The number of benzene rings is 3. The van der Waals surface area contributed by atoms with E-state index in [0.29, 0.717) is 23.0 Å². The maximum atomic E-state index is 12.6. The Labute approximate surface area is 167 Å². The van der Waals surface area contributed by atoms with E-state index >= 15 is 0 Å². The molecule has 0 saturated heterocycles. The minimum atomic E-state index is -0.348. The minimum absolute atomic E-state index is 0.0773. The van der Waals surface area contributed by atoms with Gasteiger partial charge in [-0.1, -0.05) is 36.4 Å². The van der Waals surface area contributed by atoms with E-state index in [0.717, 1.165) is 29.4 Å². The summed E-state index contributed by atoms with van der Waals surface area (Å²) in [4.78, 5) is 15.5. The van der Waals surface area contributed by atoms with Crippen LogP contribution in [0.2, 0.25) is 0 Å². The van der Waals surface area contributed by atoms with E-state index in [-0.39, 0.29) is 27.9 Å². The standard InChI is InChI=1S/C24H22N2O3/c1-13-11-18(28)19(14-5-7-15(8-6-14)24(12-25)9-10-24)21-16-3-2-4-17(27)20(16)23(29)26-22(13)21/h2-8,11,27-28H,9-10,12,25H2,1H3,(H,26,29). The summed E-state index contributed by atoms with van der Waals surface area (Å²) in [7, 11) is 0. The van der Waals surface area contributed by atoms with Gasteiger partial charge >= 0.3 is 0 Å². The highest BCUT2D eigenvalue weighted by Gasteiger charge is 2.42. The van der Waals surface area contributed by atoms with Gasteiger partial charge in [-0.05, 0) is 48.6 Å². The number of hydrogen-bond donors (Lipinski definition) is 4. The molecule has 5 N–H and O–H groups in total. The van der Waals surface area contributed by atoms with Crippen molar-refractivity contribution >= 4 is 21.7 Å². The number of H-pyrrole nitrogens is 1. The molecule has 1 aliphatic rings. The molecule has 146 valence electrons. The number of hydrogen-bond acceptors (Lipinski definition) is 4. The second kappa shape index (κ2) is 6.09. The predicted octanol–water partition coefficient (Wildman–Crippen LogP) is 4.06. The second-order valence-electron chi connectivity index (χ2n) is 8.05. The van der Waals surface area contributed by atoms with E-state index in [4.69, 9.17) is 5.73 Å². The van der Waals surface area contributed by atoms with E-state index < -0.39 is 0 Å². The van der Waals surface area contributed by atoms with Crippen LogP contribution in [-0.2, 0) is 5.41 Å². The fraction of sp³-hybridized carbons (Fsp3) is 0.208. The maximum absolute atomic E-state index is 12.6. The number of aromatic nitrogens is 1. The molecule has 1 saturated carbocycles. The quantitative estimate of drug-likeness (QED) is 0.399. The van der Waals surface area contributed by atoms with E-state index in [1.54, 1.807) is 18.2 Å². The minimum Gasteiger partial charge on any atom is -0.507 e. The van der Waals surface area contributed by atoms with Crippen LogP contribution >= 0.6 is 0 Å². The molecule has 0 aliphatic heterocycles. The van der Waals surface area contributed by atoms with Crippen LogP contribution in [0.25, 0.3) is 32.8 Å². The first-order chi connectivity index (χ1) is 13.9. The number of pyridine rings is 1. The highest BCUT2D eigenvalue weighted by atomic mass is 16.3. The molecule has 0 radical (unpaired) electrons. The first-order valence-electron chi connectivity index (χ1n) is 9.76. The second-order valence-corrected chi connectivity index (χ2v) is 8.05. The number of nitrogens with one attached hydrogen (secondary N) is 1. The number of aromatic amines is 1. The zero-order valence-electron chi connectivity index (χ0n) is 16.1. The SMILES string of the molecule is Cc1cc(O)c(-c2ccc(C3(CN)CC3)cc2)c2c1[nH]c(=O)c1c(O)cccc12. The summed E-state index contributed by atoms with van der Waals surface area (Å²) in [6.07, 6.45) is 2.21. The lowest BCUT2D eigenvalue weighted by Crippen LogP contribution is -2.19. The average molecular weight is 386 g/mol. The van der Waals surface area contributed by atoms with Gasteiger partial charge in [0.15, 0.2) is 0 Å². The number of aromatic hydroxyl groups is 2. The van der Waals surface area contributed by atoms with Crippen molar-refractivity contribution in [1.29, 1.82) is 0 Å². The van der Waals surface area contributed by atoms with E-state index in [9.17, 15) is 15.0 Å². The molecule has 1 aromatic heterocycles. The van der Waals surface area contributed by atoms with Gasteiger partial charge in [-0.2, -0.15) is 0 Å². The largest absolute Gasteiger partial charge is 0.507 e. The Balaban J connectivity index is 1.84. The molecule has 0 amide bonds. The Bertz CT molecular complexity index is 1330. The summed E-state index contributed by atoms with van der Waals surface area (Å²) in [5, 5.41) is 22.7. The summed E-state index contributed by atoms with van der Waals surface area (Å²) < 4.78 is 0. The van der Waals surface area contributed by atoms with Gasteiger partial charge in [0, 0.05) is 28.3 Å². The number of fused-ring (bicyclic) bond motifs is 3. The van der Waals surface area contributed by atoms with Crippen LogP contribution in [0.5, 0.6) is 11.5 Å². The topological polar surface area (TPSA) is 99.3 Å². The van der Waals surface area contributed by atoms with Crippen LogP contribution < -0.4 is 11.3 Å². The molecule has 0 unspecified atom stereocenters.